The van der Waals surface area contributed by atoms with Gasteiger partial charge in [-0.3, -0.25) is 0 Å². The van der Waals surface area contributed by atoms with Gasteiger partial charge in [0, 0.05) is 40.7 Å². The van der Waals surface area contributed by atoms with E-state index in [0.717, 1.165) is 52.2 Å². The average Bonchev–Trinajstić information content (AvgIpc) is 3.47. The molecule has 0 aliphatic heterocycles. The summed E-state index contributed by atoms with van der Waals surface area (Å²) in [7, 11) is -2.96. The maximum absolute atomic E-state index is 13.5. The largest absolute Gasteiger partial charge is 0.487 e. The monoisotopic (exact) mass is 653 g/mol. The molecule has 0 spiro atoms. The van der Waals surface area contributed by atoms with Crippen LogP contribution in [0.2, 0.25) is 5.02 Å². The van der Waals surface area contributed by atoms with Crippen molar-refractivity contribution in [3.8, 4) is 17.0 Å². The second-order valence-corrected chi connectivity index (χ2v) is 13.9. The van der Waals surface area contributed by atoms with Crippen molar-refractivity contribution in [1.29, 1.82) is 0 Å². The van der Waals surface area contributed by atoms with E-state index in [1.165, 1.54) is 18.5 Å². The van der Waals surface area contributed by atoms with E-state index in [2.05, 4.69) is 20.6 Å². The molecule has 0 saturated carbocycles. The summed E-state index contributed by atoms with van der Waals surface area (Å²) in [5.41, 5.74) is 4.06. The van der Waals surface area contributed by atoms with Crippen LogP contribution in [0.4, 0.5) is 15.9 Å². The lowest BCUT2D eigenvalue weighted by Gasteiger charge is -2.12. The van der Waals surface area contributed by atoms with Gasteiger partial charge in [-0.1, -0.05) is 36.7 Å². The summed E-state index contributed by atoms with van der Waals surface area (Å²) in [4.78, 5) is 13.7. The van der Waals surface area contributed by atoms with Gasteiger partial charge in [-0.05, 0) is 67.4 Å². The highest BCUT2D eigenvalue weighted by atomic mass is 35.5. The summed E-state index contributed by atoms with van der Waals surface area (Å²) >= 11 is 8.11. The van der Waals surface area contributed by atoms with Gasteiger partial charge in [0.15, 0.2) is 9.84 Å². The molecule has 2 aromatic heterocycles. The molecule has 5 rings (SSSR count). The van der Waals surface area contributed by atoms with E-state index < -0.39 is 9.84 Å². The fraction of sp³-hybridized carbons (Fsp3) is 0.281. The van der Waals surface area contributed by atoms with E-state index in [1.54, 1.807) is 35.6 Å². The van der Waals surface area contributed by atoms with Gasteiger partial charge >= 0.3 is 0 Å². The van der Waals surface area contributed by atoms with E-state index in [1.807, 2.05) is 36.6 Å². The quantitative estimate of drug-likeness (QED) is 0.114. The van der Waals surface area contributed by atoms with Crippen LogP contribution in [0, 0.1) is 5.82 Å². The molecule has 0 amide bonds. The van der Waals surface area contributed by atoms with Gasteiger partial charge in [0.05, 0.1) is 27.0 Å². The Morgan fingerprint density at radius 2 is 1.91 bits per heavy atom. The van der Waals surface area contributed by atoms with Gasteiger partial charge in [0.2, 0.25) is 0 Å². The van der Waals surface area contributed by atoms with Crippen molar-refractivity contribution in [2.24, 2.45) is 0 Å². The third kappa shape index (κ3) is 8.72. The smallest absolute Gasteiger partial charge is 0.151 e. The second-order valence-electron chi connectivity index (χ2n) is 10.3. The Kier molecular flexibility index (Phi) is 10.8. The molecular weight excluding hydrogens is 621 g/mol. The Labute approximate surface area is 265 Å². The summed E-state index contributed by atoms with van der Waals surface area (Å²) in [6.07, 6.45) is 3.84. The standard InChI is InChI=1S/C32H33ClFN5O3S2/c1-2-14-44(40,41)15-13-35-12-4-7-31-39-29(20-43-31)23-8-10-28-26(17-23)32(37-21-36-28)38-25-9-11-30(27(33)18-25)42-19-22-5-3-6-24(34)16-22/h3,5-6,8-11,16-18,20-21,35H,2,4,7,12-15,19H2,1H3,(H,36,37,38). The zero-order valence-corrected chi connectivity index (χ0v) is 26.6. The Bertz CT molecular complexity index is 1830. The zero-order chi connectivity index (χ0) is 30.9. The number of fused-ring (bicyclic) bond motifs is 1. The first kappa shape index (κ1) is 31.8. The molecular formula is C32H33ClFN5O3S2. The van der Waals surface area contributed by atoms with E-state index >= 15 is 0 Å². The van der Waals surface area contributed by atoms with Crippen LogP contribution in [0.5, 0.6) is 5.75 Å². The Morgan fingerprint density at radius 3 is 2.73 bits per heavy atom. The normalized spacial score (nSPS) is 11.6. The maximum atomic E-state index is 13.5. The van der Waals surface area contributed by atoms with E-state index in [-0.39, 0.29) is 23.9 Å². The fourth-order valence-corrected chi connectivity index (χ4v) is 6.99. The average molecular weight is 654 g/mol. The summed E-state index contributed by atoms with van der Waals surface area (Å²) < 4.78 is 42.9. The van der Waals surface area contributed by atoms with Gasteiger partial charge < -0.3 is 15.4 Å². The van der Waals surface area contributed by atoms with Gasteiger partial charge in [-0.25, -0.2) is 27.8 Å². The topological polar surface area (TPSA) is 106 Å². The molecule has 2 heterocycles. The minimum Gasteiger partial charge on any atom is -0.487 e. The number of aryl methyl sites for hydroxylation is 1. The number of hydrogen-bond donors (Lipinski definition) is 2. The number of nitrogens with one attached hydrogen (secondary N) is 2. The zero-order valence-electron chi connectivity index (χ0n) is 24.2. The first-order valence-corrected chi connectivity index (χ1v) is 17.4. The maximum Gasteiger partial charge on any atom is 0.151 e. The molecule has 0 unspecified atom stereocenters. The molecule has 230 valence electrons. The number of hydrogen-bond acceptors (Lipinski definition) is 9. The first-order valence-electron chi connectivity index (χ1n) is 14.3. The number of sulfone groups is 1. The lowest BCUT2D eigenvalue weighted by atomic mass is 10.1. The molecule has 0 aliphatic carbocycles. The number of rotatable bonds is 15. The lowest BCUT2D eigenvalue weighted by Crippen LogP contribution is -2.25. The molecule has 0 saturated heterocycles. The lowest BCUT2D eigenvalue weighted by molar-refractivity contribution is 0.306. The number of aromatic nitrogens is 3. The highest BCUT2D eigenvalue weighted by Gasteiger charge is 2.12. The molecule has 44 heavy (non-hydrogen) atoms. The van der Waals surface area contributed by atoms with Crippen molar-refractivity contribution in [2.75, 3.05) is 29.9 Å². The van der Waals surface area contributed by atoms with Gasteiger partial charge in [0.1, 0.15) is 30.3 Å². The predicted octanol–water partition coefficient (Wildman–Crippen LogP) is 7.22. The summed E-state index contributed by atoms with van der Waals surface area (Å²) in [6, 6.07) is 17.6. The first-order chi connectivity index (χ1) is 21.3. The minimum absolute atomic E-state index is 0.176. The number of halogens is 2. The van der Waals surface area contributed by atoms with Gasteiger partial charge in [0.25, 0.3) is 0 Å². The number of nitrogens with zero attached hydrogens (tertiary/aromatic N) is 3. The molecule has 8 nitrogen and oxygen atoms in total. The molecule has 0 atom stereocenters. The molecule has 12 heteroatoms. The van der Waals surface area contributed by atoms with Gasteiger partial charge in [-0.15, -0.1) is 11.3 Å². The van der Waals surface area contributed by atoms with Crippen LogP contribution in [0.3, 0.4) is 0 Å². The molecule has 3 aromatic carbocycles. The van der Waals surface area contributed by atoms with Crippen LogP contribution < -0.4 is 15.4 Å². The highest BCUT2D eigenvalue weighted by Crippen LogP contribution is 2.32. The van der Waals surface area contributed by atoms with Crippen molar-refractivity contribution in [3.05, 3.63) is 93.8 Å². The number of thiazole rings is 1. The van der Waals surface area contributed by atoms with Crippen LogP contribution in [0.15, 0.2) is 72.4 Å². The van der Waals surface area contributed by atoms with E-state index in [4.69, 9.17) is 21.3 Å². The summed E-state index contributed by atoms with van der Waals surface area (Å²) in [5.74, 6) is 1.23. The van der Waals surface area contributed by atoms with Gasteiger partial charge in [-0.2, -0.15) is 0 Å². The van der Waals surface area contributed by atoms with Crippen LogP contribution in [-0.4, -0.2) is 48.0 Å². The summed E-state index contributed by atoms with van der Waals surface area (Å²) in [5, 5.41) is 10.9. The molecule has 0 bridgehead atoms. The third-order valence-electron chi connectivity index (χ3n) is 6.81. The predicted molar refractivity (Wildman–Crippen MR) is 176 cm³/mol. The minimum atomic E-state index is -2.96. The number of anilines is 2. The van der Waals surface area contributed by atoms with Crippen molar-refractivity contribution < 1.29 is 17.5 Å². The summed E-state index contributed by atoms with van der Waals surface area (Å²) in [6.45, 7) is 3.29. The highest BCUT2D eigenvalue weighted by molar-refractivity contribution is 7.91. The second kappa shape index (κ2) is 14.9. The number of ether oxygens (including phenoxy) is 1. The number of benzene rings is 3. The fourth-order valence-electron chi connectivity index (χ4n) is 4.62. The van der Waals surface area contributed by atoms with Crippen molar-refractivity contribution in [1.82, 2.24) is 20.3 Å². The Balaban J connectivity index is 1.20. The van der Waals surface area contributed by atoms with Crippen molar-refractivity contribution in [2.45, 2.75) is 32.8 Å². The third-order valence-corrected chi connectivity index (χ3v) is 9.87. The van der Waals surface area contributed by atoms with Crippen molar-refractivity contribution >= 4 is 55.2 Å². The molecule has 2 N–H and O–H groups in total. The molecule has 0 aliphatic rings. The van der Waals surface area contributed by atoms with Crippen molar-refractivity contribution in [3.63, 3.8) is 0 Å². The Morgan fingerprint density at radius 1 is 1.02 bits per heavy atom. The SMILES string of the molecule is CCCS(=O)(=O)CCNCCCc1nc(-c2ccc3ncnc(Nc4ccc(OCc5cccc(F)c5)c(Cl)c4)c3c2)cs1. The van der Waals surface area contributed by atoms with E-state index in [0.29, 0.717) is 35.1 Å². The molecule has 5 aromatic rings. The molecule has 0 fully saturated rings. The Hall–Kier alpha value is -3.64. The van der Waals surface area contributed by atoms with Crippen LogP contribution in [0.25, 0.3) is 22.2 Å². The van der Waals surface area contributed by atoms with Crippen LogP contribution in [0.1, 0.15) is 30.3 Å². The van der Waals surface area contributed by atoms with Crippen LogP contribution in [-0.2, 0) is 22.9 Å². The van der Waals surface area contributed by atoms with E-state index in [9.17, 15) is 12.8 Å². The molecule has 0 radical (unpaired) electrons. The van der Waals surface area contributed by atoms with Crippen LogP contribution >= 0.6 is 22.9 Å².